The van der Waals surface area contributed by atoms with Gasteiger partial charge in [0.05, 0.1) is 24.5 Å². The number of carbonyl (C=O) groups excluding carboxylic acids is 1. The predicted octanol–water partition coefficient (Wildman–Crippen LogP) is 2.16. The zero-order chi connectivity index (χ0) is 17.3. The number of aromatic amines is 1. The van der Waals surface area contributed by atoms with Crippen LogP contribution in [0.15, 0.2) is 6.20 Å². The lowest BCUT2D eigenvalue weighted by Gasteiger charge is -2.34. The molecule has 7 heteroatoms. The molecule has 0 bridgehead atoms. The molecule has 0 aromatic carbocycles. The Morgan fingerprint density at radius 3 is 2.88 bits per heavy atom. The molecule has 130 valence electrons. The van der Waals surface area contributed by atoms with Gasteiger partial charge < -0.3 is 14.6 Å². The predicted molar refractivity (Wildman–Crippen MR) is 89.9 cm³/mol. The third-order valence-corrected chi connectivity index (χ3v) is 4.46. The number of imidazole rings is 1. The average molecular weight is 331 g/mol. The molecule has 0 saturated carbocycles. The van der Waals surface area contributed by atoms with Crippen molar-refractivity contribution in [3.63, 3.8) is 0 Å². The monoisotopic (exact) mass is 331 g/mol. The number of aromatic nitrogens is 4. The fourth-order valence-corrected chi connectivity index (χ4v) is 3.26. The van der Waals surface area contributed by atoms with Crippen molar-refractivity contribution in [2.75, 3.05) is 19.8 Å². The summed E-state index contributed by atoms with van der Waals surface area (Å²) in [5, 5.41) is 4.53. The Hall–Kier alpha value is -2.15. The highest BCUT2D eigenvalue weighted by Crippen LogP contribution is 2.26. The van der Waals surface area contributed by atoms with Gasteiger partial charge in [-0.15, -0.1) is 0 Å². The maximum atomic E-state index is 13.2. The summed E-state index contributed by atoms with van der Waals surface area (Å²) in [7, 11) is 0. The second-order valence-electron chi connectivity index (χ2n) is 6.31. The zero-order valence-corrected chi connectivity index (χ0v) is 14.8. The van der Waals surface area contributed by atoms with E-state index in [1.807, 2.05) is 30.4 Å². The first-order valence-corrected chi connectivity index (χ1v) is 8.47. The fraction of sp³-hybridized carbons (Fsp3) is 0.588. The van der Waals surface area contributed by atoms with Crippen LogP contribution >= 0.6 is 0 Å². The summed E-state index contributed by atoms with van der Waals surface area (Å²) in [4.78, 5) is 22.7. The lowest BCUT2D eigenvalue weighted by Crippen LogP contribution is -2.44. The lowest BCUT2D eigenvalue weighted by molar-refractivity contribution is -0.00509. The summed E-state index contributed by atoms with van der Waals surface area (Å²) in [5.74, 6) is 0.784. The third-order valence-electron chi connectivity index (χ3n) is 4.46. The van der Waals surface area contributed by atoms with E-state index in [0.29, 0.717) is 25.3 Å². The molecule has 0 radical (unpaired) electrons. The van der Waals surface area contributed by atoms with Crippen molar-refractivity contribution in [2.24, 2.45) is 0 Å². The van der Waals surface area contributed by atoms with E-state index >= 15 is 0 Å². The van der Waals surface area contributed by atoms with Gasteiger partial charge in [-0.3, -0.25) is 9.48 Å². The van der Waals surface area contributed by atoms with Crippen LogP contribution < -0.4 is 0 Å². The quantitative estimate of drug-likeness (QED) is 0.931. The maximum absolute atomic E-state index is 13.2. The molecular formula is C17H25N5O2. The van der Waals surface area contributed by atoms with Gasteiger partial charge in [0.1, 0.15) is 11.9 Å². The number of nitrogens with one attached hydrogen (secondary N) is 1. The molecule has 1 aliphatic heterocycles. The summed E-state index contributed by atoms with van der Waals surface area (Å²) >= 11 is 0. The van der Waals surface area contributed by atoms with Crippen LogP contribution in [0.1, 0.15) is 52.7 Å². The van der Waals surface area contributed by atoms with Crippen LogP contribution in [0.5, 0.6) is 0 Å². The molecule has 1 amide bonds. The number of H-pyrrole nitrogens is 1. The van der Waals surface area contributed by atoms with Gasteiger partial charge in [-0.2, -0.15) is 5.10 Å². The SMILES string of the molecule is CCCn1nc(C)c(C(=O)N2CCOC[C@@H]2c2ncc(C)[nH]2)c1C. The standard InChI is InChI=1S/C17H25N5O2/c1-5-6-22-13(4)15(12(3)20-22)17(23)21-7-8-24-10-14(21)16-18-9-11(2)19-16/h9,14H,5-8,10H2,1-4H3,(H,18,19)/t14-/m1/s1. The van der Waals surface area contributed by atoms with Crippen molar-refractivity contribution in [3.05, 3.63) is 34.7 Å². The van der Waals surface area contributed by atoms with Crippen LogP contribution in [0.2, 0.25) is 0 Å². The Bertz CT molecular complexity index is 733. The van der Waals surface area contributed by atoms with Crippen molar-refractivity contribution >= 4 is 5.91 Å². The van der Waals surface area contributed by atoms with E-state index in [1.165, 1.54) is 0 Å². The second kappa shape index (κ2) is 6.76. The van der Waals surface area contributed by atoms with Crippen LogP contribution in [-0.4, -0.2) is 50.3 Å². The Labute approximate surface area is 142 Å². The van der Waals surface area contributed by atoms with Crippen molar-refractivity contribution in [1.82, 2.24) is 24.6 Å². The normalized spacial score (nSPS) is 18.2. The summed E-state index contributed by atoms with van der Waals surface area (Å²) < 4.78 is 7.52. The maximum Gasteiger partial charge on any atom is 0.258 e. The first-order valence-electron chi connectivity index (χ1n) is 8.47. The number of amides is 1. The van der Waals surface area contributed by atoms with Crippen LogP contribution in [-0.2, 0) is 11.3 Å². The molecule has 1 fully saturated rings. The van der Waals surface area contributed by atoms with Gasteiger partial charge in [0, 0.05) is 30.7 Å². The highest BCUT2D eigenvalue weighted by Gasteiger charge is 2.33. The minimum absolute atomic E-state index is 0.00899. The van der Waals surface area contributed by atoms with E-state index in [2.05, 4.69) is 22.0 Å². The highest BCUT2D eigenvalue weighted by molar-refractivity contribution is 5.96. The average Bonchev–Trinajstić information content (AvgIpc) is 3.11. The minimum atomic E-state index is -0.187. The first kappa shape index (κ1) is 16.7. The molecule has 1 atom stereocenters. The molecule has 1 N–H and O–H groups in total. The van der Waals surface area contributed by atoms with Gasteiger partial charge in [-0.05, 0) is 27.2 Å². The number of carbonyl (C=O) groups is 1. The number of rotatable bonds is 4. The van der Waals surface area contributed by atoms with Gasteiger partial charge in [0.2, 0.25) is 0 Å². The summed E-state index contributed by atoms with van der Waals surface area (Å²) in [6.07, 6.45) is 2.77. The first-order chi connectivity index (χ1) is 11.5. The number of hydrogen-bond acceptors (Lipinski definition) is 4. The second-order valence-corrected chi connectivity index (χ2v) is 6.31. The Kier molecular flexibility index (Phi) is 4.71. The summed E-state index contributed by atoms with van der Waals surface area (Å²) in [6.45, 7) is 10.3. The van der Waals surface area contributed by atoms with Crippen LogP contribution in [0.3, 0.4) is 0 Å². The molecule has 0 aliphatic carbocycles. The van der Waals surface area contributed by atoms with Gasteiger partial charge >= 0.3 is 0 Å². The molecule has 7 nitrogen and oxygen atoms in total. The number of nitrogens with zero attached hydrogens (tertiary/aromatic N) is 4. The van der Waals surface area contributed by atoms with E-state index < -0.39 is 0 Å². The molecule has 3 heterocycles. The van der Waals surface area contributed by atoms with Gasteiger partial charge in [-0.1, -0.05) is 6.92 Å². The van der Waals surface area contributed by atoms with Crippen molar-refractivity contribution < 1.29 is 9.53 Å². The molecule has 2 aromatic rings. The highest BCUT2D eigenvalue weighted by atomic mass is 16.5. The molecule has 3 rings (SSSR count). The molecular weight excluding hydrogens is 306 g/mol. The Morgan fingerprint density at radius 1 is 1.42 bits per heavy atom. The summed E-state index contributed by atoms with van der Waals surface area (Å²) in [5.41, 5.74) is 3.40. The number of morpholine rings is 1. The smallest absolute Gasteiger partial charge is 0.258 e. The topological polar surface area (TPSA) is 76.0 Å². The van der Waals surface area contributed by atoms with Crippen LogP contribution in [0, 0.1) is 20.8 Å². The van der Waals surface area contributed by atoms with Crippen molar-refractivity contribution in [2.45, 2.75) is 46.7 Å². The number of hydrogen-bond donors (Lipinski definition) is 1. The van der Waals surface area contributed by atoms with Gasteiger partial charge in [0.15, 0.2) is 0 Å². The lowest BCUT2D eigenvalue weighted by atomic mass is 10.1. The minimum Gasteiger partial charge on any atom is -0.377 e. The van der Waals surface area contributed by atoms with Crippen molar-refractivity contribution in [3.8, 4) is 0 Å². The van der Waals surface area contributed by atoms with Crippen molar-refractivity contribution in [1.29, 1.82) is 0 Å². The van der Waals surface area contributed by atoms with Gasteiger partial charge in [0.25, 0.3) is 5.91 Å². The fourth-order valence-electron chi connectivity index (χ4n) is 3.26. The van der Waals surface area contributed by atoms with E-state index in [4.69, 9.17) is 4.74 Å². The third kappa shape index (κ3) is 2.96. The Morgan fingerprint density at radius 2 is 2.21 bits per heavy atom. The number of aryl methyl sites for hydroxylation is 3. The molecule has 0 unspecified atom stereocenters. The van der Waals surface area contributed by atoms with E-state index in [1.54, 1.807) is 6.20 Å². The molecule has 1 saturated heterocycles. The van der Waals surface area contributed by atoms with Crippen LogP contribution in [0.25, 0.3) is 0 Å². The van der Waals surface area contributed by atoms with Gasteiger partial charge in [-0.25, -0.2) is 4.98 Å². The largest absolute Gasteiger partial charge is 0.377 e. The van der Waals surface area contributed by atoms with E-state index in [9.17, 15) is 4.79 Å². The van der Waals surface area contributed by atoms with Crippen LogP contribution in [0.4, 0.5) is 0 Å². The molecule has 0 spiro atoms. The summed E-state index contributed by atoms with van der Waals surface area (Å²) in [6, 6.07) is -0.187. The van der Waals surface area contributed by atoms with E-state index in [-0.39, 0.29) is 11.9 Å². The van der Waals surface area contributed by atoms with E-state index in [0.717, 1.165) is 35.9 Å². The molecule has 2 aromatic heterocycles. The zero-order valence-electron chi connectivity index (χ0n) is 14.8. The molecule has 24 heavy (non-hydrogen) atoms. The number of ether oxygens (including phenoxy) is 1. The Balaban J connectivity index is 1.92. The molecule has 1 aliphatic rings.